The molecule has 20 heavy (non-hydrogen) atoms. The highest BCUT2D eigenvalue weighted by atomic mass is 79.9. The molecular formula is C12H9BrF3NO3. The number of ether oxygens (including phenoxy) is 1. The van der Waals surface area contributed by atoms with Gasteiger partial charge in [0.05, 0.1) is 12.1 Å². The second-order valence-electron chi connectivity index (χ2n) is 4.16. The van der Waals surface area contributed by atoms with Gasteiger partial charge >= 0.3 is 17.9 Å². The van der Waals surface area contributed by atoms with Crippen molar-refractivity contribution in [2.75, 3.05) is 0 Å². The molecule has 1 aromatic rings. The molecule has 1 aliphatic rings. The van der Waals surface area contributed by atoms with E-state index in [2.05, 4.69) is 30.7 Å². The van der Waals surface area contributed by atoms with E-state index in [1.807, 2.05) is 0 Å². The Morgan fingerprint density at radius 1 is 1.40 bits per heavy atom. The molecule has 2 rings (SSSR count). The lowest BCUT2D eigenvalue weighted by Crippen LogP contribution is -2.49. The summed E-state index contributed by atoms with van der Waals surface area (Å²) in [5, 5.41) is 3.41. The van der Waals surface area contributed by atoms with Gasteiger partial charge in [-0.2, -0.15) is 13.2 Å². The minimum absolute atomic E-state index is 0.0658. The first-order chi connectivity index (χ1) is 9.23. The summed E-state index contributed by atoms with van der Waals surface area (Å²) in [5.74, 6) is -4.13. The summed E-state index contributed by atoms with van der Waals surface area (Å²) >= 11 is 3.22. The molecular weight excluding hydrogens is 343 g/mol. The third kappa shape index (κ3) is 2.79. The normalized spacial score (nSPS) is 22.1. The maximum Gasteiger partial charge on any atom is 0.470 e. The van der Waals surface area contributed by atoms with Crippen molar-refractivity contribution in [3.8, 4) is 0 Å². The molecule has 0 amide bonds. The molecule has 1 heterocycles. The number of benzene rings is 1. The Hall–Kier alpha value is -1.57. The third-order valence-electron chi connectivity index (χ3n) is 2.62. The van der Waals surface area contributed by atoms with E-state index in [9.17, 15) is 18.0 Å². The monoisotopic (exact) mass is 351 g/mol. The first kappa shape index (κ1) is 14.8. The topological polar surface area (TPSA) is 47.9 Å². The number of esters is 1. The zero-order chi connectivity index (χ0) is 15.0. The quantitative estimate of drug-likeness (QED) is 0.767. The van der Waals surface area contributed by atoms with Gasteiger partial charge < -0.3 is 9.57 Å². The minimum Gasteiger partial charge on any atom is -0.412 e. The molecule has 8 heteroatoms. The van der Waals surface area contributed by atoms with Crippen LogP contribution in [-0.4, -0.2) is 23.6 Å². The van der Waals surface area contributed by atoms with Crippen LogP contribution in [-0.2, 0) is 14.4 Å². The van der Waals surface area contributed by atoms with Gasteiger partial charge in [0.15, 0.2) is 0 Å². The summed E-state index contributed by atoms with van der Waals surface area (Å²) < 4.78 is 44.2. The van der Waals surface area contributed by atoms with Crippen molar-refractivity contribution >= 4 is 27.6 Å². The first-order valence-corrected chi connectivity index (χ1v) is 6.30. The van der Waals surface area contributed by atoms with Gasteiger partial charge in [-0.3, -0.25) is 4.79 Å². The number of halogens is 4. The fourth-order valence-electron chi connectivity index (χ4n) is 1.71. The Balaban J connectivity index is 2.26. The van der Waals surface area contributed by atoms with Crippen LogP contribution >= 0.6 is 15.9 Å². The molecule has 0 saturated carbocycles. The molecule has 0 aliphatic carbocycles. The van der Waals surface area contributed by atoms with Crippen molar-refractivity contribution in [1.29, 1.82) is 0 Å². The van der Waals surface area contributed by atoms with Crippen molar-refractivity contribution in [3.05, 3.63) is 34.3 Å². The maximum atomic E-state index is 13.0. The van der Waals surface area contributed by atoms with Gasteiger partial charge in [0.1, 0.15) is 0 Å². The van der Waals surface area contributed by atoms with Gasteiger partial charge in [-0.05, 0) is 17.7 Å². The molecule has 0 N–H and O–H groups in total. The van der Waals surface area contributed by atoms with Crippen molar-refractivity contribution in [3.63, 3.8) is 0 Å². The summed E-state index contributed by atoms with van der Waals surface area (Å²) in [6, 6.07) is 6.51. The van der Waals surface area contributed by atoms with E-state index in [4.69, 9.17) is 0 Å². The molecule has 108 valence electrons. The van der Waals surface area contributed by atoms with E-state index in [-0.39, 0.29) is 5.71 Å². The van der Waals surface area contributed by atoms with Crippen molar-refractivity contribution in [2.24, 2.45) is 5.16 Å². The SMILES string of the molecule is CC(=O)OC1(C(F)(F)F)CC(c2ccc(Br)cc2)=NO1. The van der Waals surface area contributed by atoms with Crippen LogP contribution in [0, 0.1) is 0 Å². The average molecular weight is 352 g/mol. The van der Waals surface area contributed by atoms with Gasteiger partial charge in [-0.1, -0.05) is 33.2 Å². The van der Waals surface area contributed by atoms with Gasteiger partial charge in [0, 0.05) is 11.4 Å². The summed E-state index contributed by atoms with van der Waals surface area (Å²) in [5.41, 5.74) is 0.530. The molecule has 4 nitrogen and oxygen atoms in total. The van der Waals surface area contributed by atoms with E-state index in [0.717, 1.165) is 11.4 Å². The Kier molecular flexibility index (Phi) is 3.77. The van der Waals surface area contributed by atoms with Crippen LogP contribution in [0.4, 0.5) is 13.2 Å². The molecule has 1 atom stereocenters. The zero-order valence-corrected chi connectivity index (χ0v) is 11.8. The molecule has 0 saturated heterocycles. The molecule has 1 aromatic carbocycles. The number of carbonyl (C=O) groups excluding carboxylic acids is 1. The number of rotatable bonds is 2. The second kappa shape index (κ2) is 5.08. The largest absolute Gasteiger partial charge is 0.470 e. The van der Waals surface area contributed by atoms with Crippen molar-refractivity contribution in [2.45, 2.75) is 25.3 Å². The molecule has 0 aromatic heterocycles. The lowest BCUT2D eigenvalue weighted by atomic mass is 10.0. The van der Waals surface area contributed by atoms with Crippen LogP contribution in [0.25, 0.3) is 0 Å². The predicted molar refractivity (Wildman–Crippen MR) is 66.9 cm³/mol. The number of nitrogens with zero attached hydrogens (tertiary/aromatic N) is 1. The lowest BCUT2D eigenvalue weighted by Gasteiger charge is -2.27. The smallest absolute Gasteiger partial charge is 0.412 e. The fraction of sp³-hybridized carbons (Fsp3) is 0.333. The van der Waals surface area contributed by atoms with Crippen LogP contribution < -0.4 is 0 Å². The lowest BCUT2D eigenvalue weighted by molar-refractivity contribution is -0.357. The average Bonchev–Trinajstić information content (AvgIpc) is 2.74. The molecule has 0 spiro atoms. The summed E-state index contributed by atoms with van der Waals surface area (Å²) in [6.07, 6.45) is -5.56. The number of oxime groups is 1. The Labute approximate surface area is 120 Å². The molecule has 1 aliphatic heterocycles. The molecule has 0 radical (unpaired) electrons. The zero-order valence-electron chi connectivity index (χ0n) is 10.2. The first-order valence-electron chi connectivity index (χ1n) is 5.51. The van der Waals surface area contributed by atoms with Crippen LogP contribution in [0.15, 0.2) is 33.9 Å². The van der Waals surface area contributed by atoms with Crippen molar-refractivity contribution < 1.29 is 27.5 Å². The summed E-state index contributed by atoms with van der Waals surface area (Å²) in [4.78, 5) is 15.3. The standard InChI is InChI=1S/C12H9BrF3NO3/c1-7(18)19-11(12(14,15)16)6-10(17-20-11)8-2-4-9(13)5-3-8/h2-5H,6H2,1H3. The van der Waals surface area contributed by atoms with Crippen LogP contribution in [0.5, 0.6) is 0 Å². The third-order valence-corrected chi connectivity index (χ3v) is 3.15. The van der Waals surface area contributed by atoms with E-state index in [1.54, 1.807) is 24.3 Å². The maximum absolute atomic E-state index is 13.0. The van der Waals surface area contributed by atoms with Gasteiger partial charge in [0.25, 0.3) is 0 Å². The number of carbonyl (C=O) groups is 1. The highest BCUT2D eigenvalue weighted by Crippen LogP contribution is 2.42. The van der Waals surface area contributed by atoms with Gasteiger partial charge in [0.2, 0.25) is 0 Å². The Morgan fingerprint density at radius 3 is 2.50 bits per heavy atom. The molecule has 0 bridgehead atoms. The predicted octanol–water partition coefficient (Wildman–Crippen LogP) is 3.40. The number of hydrogen-bond acceptors (Lipinski definition) is 4. The van der Waals surface area contributed by atoms with E-state index in [0.29, 0.717) is 5.56 Å². The molecule has 0 fully saturated rings. The summed E-state index contributed by atoms with van der Waals surface area (Å²) in [7, 11) is 0. The highest BCUT2D eigenvalue weighted by Gasteiger charge is 2.64. The number of alkyl halides is 3. The summed E-state index contributed by atoms with van der Waals surface area (Å²) in [6.45, 7) is 0.883. The van der Waals surface area contributed by atoms with E-state index >= 15 is 0 Å². The van der Waals surface area contributed by atoms with Crippen LogP contribution in [0.1, 0.15) is 18.9 Å². The number of hydrogen-bond donors (Lipinski definition) is 0. The highest BCUT2D eigenvalue weighted by molar-refractivity contribution is 9.10. The fourth-order valence-corrected chi connectivity index (χ4v) is 1.97. The van der Waals surface area contributed by atoms with Crippen molar-refractivity contribution in [1.82, 2.24) is 0 Å². The van der Waals surface area contributed by atoms with Crippen LogP contribution in [0.2, 0.25) is 0 Å². The van der Waals surface area contributed by atoms with Crippen LogP contribution in [0.3, 0.4) is 0 Å². The van der Waals surface area contributed by atoms with E-state index < -0.39 is 24.4 Å². The van der Waals surface area contributed by atoms with Gasteiger partial charge in [-0.25, -0.2) is 0 Å². The molecule has 1 unspecified atom stereocenters. The van der Waals surface area contributed by atoms with E-state index in [1.165, 1.54) is 0 Å². The Bertz CT molecular complexity index is 556. The Morgan fingerprint density at radius 2 is 2.00 bits per heavy atom. The second-order valence-corrected chi connectivity index (χ2v) is 5.07. The minimum atomic E-state index is -4.88. The van der Waals surface area contributed by atoms with Gasteiger partial charge in [-0.15, -0.1) is 0 Å².